The van der Waals surface area contributed by atoms with Gasteiger partial charge in [0.15, 0.2) is 0 Å². The number of hydrogen-bond acceptors (Lipinski definition) is 3. The fourth-order valence-electron chi connectivity index (χ4n) is 4.13. The van der Waals surface area contributed by atoms with Gasteiger partial charge in [-0.1, -0.05) is 54.4 Å². The number of nitrogens with zero attached hydrogens (tertiary/aromatic N) is 1. The number of aliphatic hydroxyl groups is 1. The molecule has 4 atom stereocenters. The SMILES string of the molecule is CC[C@@H](CO)N1C(=O)[C@@H](C(=O)O)C[C@H](c2cccc(Cl)c2)[C@H]1c1ccc(Cl)cc1. The summed E-state index contributed by atoms with van der Waals surface area (Å²) in [7, 11) is 0. The lowest BCUT2D eigenvalue weighted by molar-refractivity contribution is -0.160. The predicted molar refractivity (Wildman–Crippen MR) is 112 cm³/mol. The largest absolute Gasteiger partial charge is 0.481 e. The minimum Gasteiger partial charge on any atom is -0.481 e. The summed E-state index contributed by atoms with van der Waals surface area (Å²) >= 11 is 12.3. The van der Waals surface area contributed by atoms with Crippen LogP contribution in [0.2, 0.25) is 10.0 Å². The summed E-state index contributed by atoms with van der Waals surface area (Å²) in [5, 5.41) is 20.8. The van der Waals surface area contributed by atoms with Gasteiger partial charge >= 0.3 is 5.97 Å². The van der Waals surface area contributed by atoms with Gasteiger partial charge in [0.25, 0.3) is 0 Å². The Bertz CT molecular complexity index is 883. The Balaban J connectivity index is 2.19. The first-order valence-corrected chi connectivity index (χ1v) is 10.3. The molecule has 1 aliphatic rings. The minimum atomic E-state index is -1.18. The first-order valence-electron chi connectivity index (χ1n) is 9.54. The van der Waals surface area contributed by atoms with Crippen LogP contribution in [-0.4, -0.2) is 39.6 Å². The van der Waals surface area contributed by atoms with E-state index in [0.717, 1.165) is 11.1 Å². The molecule has 29 heavy (non-hydrogen) atoms. The number of likely N-dealkylation sites (tertiary alicyclic amines) is 1. The highest BCUT2D eigenvalue weighted by atomic mass is 35.5. The molecule has 1 saturated heterocycles. The molecule has 3 rings (SSSR count). The van der Waals surface area contributed by atoms with Gasteiger partial charge in [-0.05, 0) is 48.2 Å². The first-order chi connectivity index (χ1) is 13.9. The summed E-state index contributed by atoms with van der Waals surface area (Å²) < 4.78 is 0. The average Bonchev–Trinajstić information content (AvgIpc) is 2.70. The van der Waals surface area contributed by atoms with E-state index in [1.807, 2.05) is 37.3 Å². The van der Waals surface area contributed by atoms with Gasteiger partial charge in [-0.25, -0.2) is 0 Å². The first kappa shape index (κ1) is 21.6. The van der Waals surface area contributed by atoms with Crippen LogP contribution >= 0.6 is 23.2 Å². The van der Waals surface area contributed by atoms with Crippen LogP contribution in [0.5, 0.6) is 0 Å². The minimum absolute atomic E-state index is 0.153. The van der Waals surface area contributed by atoms with E-state index in [9.17, 15) is 19.8 Å². The third-order valence-electron chi connectivity index (χ3n) is 5.58. The zero-order valence-corrected chi connectivity index (χ0v) is 17.5. The third kappa shape index (κ3) is 4.42. The number of piperidine rings is 1. The molecule has 5 nitrogen and oxygen atoms in total. The van der Waals surface area contributed by atoms with E-state index in [4.69, 9.17) is 23.2 Å². The number of carboxylic acid groups (broad SMARTS) is 1. The maximum Gasteiger partial charge on any atom is 0.316 e. The summed E-state index contributed by atoms with van der Waals surface area (Å²) in [4.78, 5) is 26.6. The lowest BCUT2D eigenvalue weighted by Gasteiger charge is -2.47. The van der Waals surface area contributed by atoms with Gasteiger partial charge in [0.05, 0.1) is 18.7 Å². The van der Waals surface area contributed by atoms with Crippen LogP contribution in [0, 0.1) is 5.92 Å². The Morgan fingerprint density at radius 2 is 1.83 bits per heavy atom. The predicted octanol–water partition coefficient (Wildman–Crippen LogP) is 4.52. The summed E-state index contributed by atoms with van der Waals surface area (Å²) in [6, 6.07) is 13.5. The second-order valence-corrected chi connectivity index (χ2v) is 8.15. The molecule has 1 aliphatic heterocycles. The number of hydrogen-bond donors (Lipinski definition) is 2. The summed E-state index contributed by atoms with van der Waals surface area (Å²) in [5.41, 5.74) is 1.69. The Morgan fingerprint density at radius 3 is 2.38 bits per heavy atom. The summed E-state index contributed by atoms with van der Waals surface area (Å²) in [5.74, 6) is -3.11. The lowest BCUT2D eigenvalue weighted by atomic mass is 9.75. The molecule has 0 aliphatic carbocycles. The molecule has 1 fully saturated rings. The molecule has 0 radical (unpaired) electrons. The van der Waals surface area contributed by atoms with Crippen LogP contribution in [0.3, 0.4) is 0 Å². The molecule has 0 unspecified atom stereocenters. The number of amides is 1. The van der Waals surface area contributed by atoms with Crippen molar-refractivity contribution in [1.82, 2.24) is 4.90 Å². The number of rotatable bonds is 6. The van der Waals surface area contributed by atoms with Crippen molar-refractivity contribution in [2.75, 3.05) is 6.61 Å². The molecule has 2 aromatic carbocycles. The van der Waals surface area contributed by atoms with Gasteiger partial charge < -0.3 is 15.1 Å². The van der Waals surface area contributed by atoms with Crippen molar-refractivity contribution in [3.63, 3.8) is 0 Å². The molecule has 0 saturated carbocycles. The number of aliphatic carboxylic acids is 1. The molecule has 0 spiro atoms. The zero-order chi connectivity index (χ0) is 21.1. The highest BCUT2D eigenvalue weighted by Crippen LogP contribution is 2.46. The quantitative estimate of drug-likeness (QED) is 0.653. The van der Waals surface area contributed by atoms with Gasteiger partial charge in [-0.3, -0.25) is 9.59 Å². The topological polar surface area (TPSA) is 77.8 Å². The van der Waals surface area contributed by atoms with E-state index in [1.54, 1.807) is 23.1 Å². The summed E-state index contributed by atoms with van der Waals surface area (Å²) in [6.07, 6.45) is 0.654. The van der Waals surface area contributed by atoms with Crippen LogP contribution in [-0.2, 0) is 9.59 Å². The van der Waals surface area contributed by atoms with E-state index in [0.29, 0.717) is 16.5 Å². The van der Waals surface area contributed by atoms with Crippen LogP contribution in [0.1, 0.15) is 42.9 Å². The maximum absolute atomic E-state index is 13.2. The molecule has 1 heterocycles. The second kappa shape index (κ2) is 9.16. The van der Waals surface area contributed by atoms with Crippen molar-refractivity contribution in [3.8, 4) is 0 Å². The fraction of sp³-hybridized carbons (Fsp3) is 0.364. The molecule has 154 valence electrons. The van der Waals surface area contributed by atoms with E-state index in [1.165, 1.54) is 0 Å². The molecular formula is C22H23Cl2NO4. The Labute approximate surface area is 179 Å². The molecule has 2 N–H and O–H groups in total. The zero-order valence-electron chi connectivity index (χ0n) is 16.0. The molecular weight excluding hydrogens is 413 g/mol. The number of halogens is 2. The number of carbonyl (C=O) groups excluding carboxylic acids is 1. The summed E-state index contributed by atoms with van der Waals surface area (Å²) in [6.45, 7) is 1.62. The van der Waals surface area contributed by atoms with Crippen molar-refractivity contribution in [2.45, 2.75) is 37.8 Å². The van der Waals surface area contributed by atoms with Gasteiger partial charge in [0.1, 0.15) is 5.92 Å². The van der Waals surface area contributed by atoms with Gasteiger partial charge in [0, 0.05) is 16.0 Å². The monoisotopic (exact) mass is 435 g/mol. The smallest absolute Gasteiger partial charge is 0.316 e. The number of carboxylic acids is 1. The average molecular weight is 436 g/mol. The van der Waals surface area contributed by atoms with Crippen molar-refractivity contribution < 1.29 is 19.8 Å². The number of aliphatic hydroxyl groups excluding tert-OH is 1. The Hall–Kier alpha value is -2.08. The molecule has 0 bridgehead atoms. The Morgan fingerprint density at radius 1 is 1.14 bits per heavy atom. The third-order valence-corrected chi connectivity index (χ3v) is 6.07. The van der Waals surface area contributed by atoms with Gasteiger partial charge in [0.2, 0.25) is 5.91 Å². The molecule has 0 aromatic heterocycles. The van der Waals surface area contributed by atoms with Crippen molar-refractivity contribution in [1.29, 1.82) is 0 Å². The van der Waals surface area contributed by atoms with Crippen LogP contribution < -0.4 is 0 Å². The standard InChI is InChI=1S/C22H23Cl2NO4/c1-2-17(12-26)25-20(13-6-8-15(23)9-7-13)18(11-19(21(25)27)22(28)29)14-4-3-5-16(24)10-14/h3-10,17-20,26H,2,11-12H2,1H3,(H,28,29)/t17-,18+,19-,20+/m0/s1. The normalized spacial score (nSPS) is 23.1. The van der Waals surface area contributed by atoms with E-state index < -0.39 is 29.9 Å². The lowest BCUT2D eigenvalue weighted by Crippen LogP contribution is -2.54. The molecule has 7 heteroatoms. The highest BCUT2D eigenvalue weighted by molar-refractivity contribution is 6.30. The number of carbonyl (C=O) groups is 2. The van der Waals surface area contributed by atoms with Crippen molar-refractivity contribution >= 4 is 35.1 Å². The maximum atomic E-state index is 13.2. The molecule has 2 aromatic rings. The van der Waals surface area contributed by atoms with Crippen LogP contribution in [0.15, 0.2) is 48.5 Å². The second-order valence-electron chi connectivity index (χ2n) is 7.27. The van der Waals surface area contributed by atoms with Gasteiger partial charge in [-0.2, -0.15) is 0 Å². The fourth-order valence-corrected chi connectivity index (χ4v) is 4.46. The van der Waals surface area contributed by atoms with E-state index >= 15 is 0 Å². The van der Waals surface area contributed by atoms with Crippen molar-refractivity contribution in [3.05, 3.63) is 69.7 Å². The van der Waals surface area contributed by atoms with E-state index in [2.05, 4.69) is 0 Å². The van der Waals surface area contributed by atoms with Crippen molar-refractivity contribution in [2.24, 2.45) is 5.92 Å². The van der Waals surface area contributed by atoms with E-state index in [-0.39, 0.29) is 18.9 Å². The Kier molecular flexibility index (Phi) is 6.83. The highest BCUT2D eigenvalue weighted by Gasteiger charge is 2.47. The van der Waals surface area contributed by atoms with Crippen LogP contribution in [0.4, 0.5) is 0 Å². The molecule has 1 amide bonds. The van der Waals surface area contributed by atoms with Gasteiger partial charge in [-0.15, -0.1) is 0 Å². The van der Waals surface area contributed by atoms with Crippen LogP contribution in [0.25, 0.3) is 0 Å². The number of benzene rings is 2.